The van der Waals surface area contributed by atoms with Gasteiger partial charge in [0.2, 0.25) is 11.8 Å². The summed E-state index contributed by atoms with van der Waals surface area (Å²) < 4.78 is 6.53. The van der Waals surface area contributed by atoms with Crippen LogP contribution in [0.2, 0.25) is 0 Å². The van der Waals surface area contributed by atoms with Crippen molar-refractivity contribution in [2.45, 2.75) is 48.3 Å². The molecule has 1 unspecified atom stereocenters. The lowest BCUT2D eigenvalue weighted by Crippen LogP contribution is -2.43. The van der Waals surface area contributed by atoms with Crippen LogP contribution in [-0.2, 0) is 9.59 Å². The van der Waals surface area contributed by atoms with Crippen molar-refractivity contribution >= 4 is 46.0 Å². The number of thiazole rings is 1. The molecule has 3 amide bonds. The standard InChI is InChI=1S/C28H37N5O4S2/c1-18-14-22(37-5)21(15-23(18)38-25-16-29-28(39-25)30-26(35)20-9-10-20)27(36)32-12-7-13-33(19(2)17-32)24(34)8-6-11-31(3)4/h6,8,14-16,19-20H,7,9-13,17H2,1-5H3,(H,29,30,35)/b8-6+. The van der Waals surface area contributed by atoms with E-state index in [4.69, 9.17) is 4.74 Å². The second-order valence-corrected chi connectivity index (χ2v) is 12.7. The number of amides is 3. The zero-order valence-electron chi connectivity index (χ0n) is 23.2. The van der Waals surface area contributed by atoms with E-state index in [1.165, 1.54) is 23.1 Å². The molecular formula is C28H37N5O4S2. The molecule has 1 aliphatic heterocycles. The summed E-state index contributed by atoms with van der Waals surface area (Å²) >= 11 is 2.94. The normalized spacial score (nSPS) is 17.9. The van der Waals surface area contributed by atoms with Crippen LogP contribution in [0.25, 0.3) is 0 Å². The van der Waals surface area contributed by atoms with Gasteiger partial charge < -0.3 is 24.8 Å². The van der Waals surface area contributed by atoms with Crippen LogP contribution >= 0.6 is 23.1 Å². The Morgan fingerprint density at radius 1 is 1.26 bits per heavy atom. The highest BCUT2D eigenvalue weighted by molar-refractivity contribution is 8.01. The molecule has 0 spiro atoms. The third-order valence-corrected chi connectivity index (χ3v) is 8.92. The first kappa shape index (κ1) is 29.1. The highest BCUT2D eigenvalue weighted by atomic mass is 32.2. The number of ether oxygens (including phenoxy) is 1. The van der Waals surface area contributed by atoms with Crippen molar-refractivity contribution in [2.24, 2.45) is 5.92 Å². The average Bonchev–Trinajstić information content (AvgIpc) is 3.69. The van der Waals surface area contributed by atoms with Crippen LogP contribution in [0.5, 0.6) is 5.75 Å². The van der Waals surface area contributed by atoms with Crippen LogP contribution in [0.1, 0.15) is 42.1 Å². The number of anilines is 1. The summed E-state index contributed by atoms with van der Waals surface area (Å²) in [7, 11) is 5.49. The first-order valence-corrected chi connectivity index (χ1v) is 14.8. The lowest BCUT2D eigenvalue weighted by molar-refractivity contribution is -0.127. The second-order valence-electron chi connectivity index (χ2n) is 10.3. The van der Waals surface area contributed by atoms with Gasteiger partial charge in [0.05, 0.1) is 23.1 Å². The topological polar surface area (TPSA) is 95.1 Å². The van der Waals surface area contributed by atoms with Crippen molar-refractivity contribution in [3.63, 3.8) is 0 Å². The third-order valence-electron chi connectivity index (χ3n) is 6.75. The van der Waals surface area contributed by atoms with Crippen molar-refractivity contribution in [2.75, 3.05) is 52.7 Å². The maximum atomic E-state index is 13.8. The Morgan fingerprint density at radius 2 is 2.03 bits per heavy atom. The van der Waals surface area contributed by atoms with Gasteiger partial charge in [-0.25, -0.2) is 4.98 Å². The SMILES string of the molecule is COc1cc(C)c(Sc2cnc(NC(=O)C3CC3)s2)cc1C(=O)N1CCCN(C(=O)/C=C/CN(C)C)C(C)C1. The van der Waals surface area contributed by atoms with Gasteiger partial charge in [0.1, 0.15) is 5.75 Å². The Labute approximate surface area is 238 Å². The van der Waals surface area contributed by atoms with E-state index in [-0.39, 0.29) is 29.7 Å². The number of aromatic nitrogens is 1. The number of nitrogens with one attached hydrogen (secondary N) is 1. The van der Waals surface area contributed by atoms with E-state index in [9.17, 15) is 14.4 Å². The number of likely N-dealkylation sites (N-methyl/N-ethyl adjacent to an activating group) is 1. The summed E-state index contributed by atoms with van der Waals surface area (Å²) in [6, 6.07) is 3.66. The van der Waals surface area contributed by atoms with Crippen LogP contribution in [-0.4, -0.2) is 90.8 Å². The molecule has 0 bridgehead atoms. The van der Waals surface area contributed by atoms with E-state index < -0.39 is 0 Å². The summed E-state index contributed by atoms with van der Waals surface area (Å²) in [6.45, 7) is 6.28. The van der Waals surface area contributed by atoms with Gasteiger partial charge in [0.25, 0.3) is 5.91 Å². The molecule has 210 valence electrons. The molecule has 1 N–H and O–H groups in total. The van der Waals surface area contributed by atoms with Crippen LogP contribution in [0.4, 0.5) is 5.13 Å². The Kier molecular flexibility index (Phi) is 9.68. The van der Waals surface area contributed by atoms with Crippen molar-refractivity contribution in [1.82, 2.24) is 19.7 Å². The first-order valence-electron chi connectivity index (χ1n) is 13.2. The Morgan fingerprint density at radius 3 is 2.72 bits per heavy atom. The predicted molar refractivity (Wildman–Crippen MR) is 155 cm³/mol. The van der Waals surface area contributed by atoms with Gasteiger partial charge in [-0.3, -0.25) is 14.4 Å². The number of carbonyl (C=O) groups is 3. The minimum Gasteiger partial charge on any atom is -0.496 e. The van der Waals surface area contributed by atoms with Gasteiger partial charge >= 0.3 is 0 Å². The van der Waals surface area contributed by atoms with Crippen molar-refractivity contribution in [1.29, 1.82) is 0 Å². The number of carbonyl (C=O) groups excluding carboxylic acids is 3. The molecule has 9 nitrogen and oxygen atoms in total. The molecule has 4 rings (SSSR count). The number of aryl methyl sites for hydroxylation is 1. The molecule has 2 heterocycles. The third kappa shape index (κ3) is 7.61. The molecule has 39 heavy (non-hydrogen) atoms. The summed E-state index contributed by atoms with van der Waals surface area (Å²) in [4.78, 5) is 49.6. The van der Waals surface area contributed by atoms with Gasteiger partial charge in [-0.15, -0.1) is 0 Å². The highest BCUT2D eigenvalue weighted by Crippen LogP contribution is 2.39. The molecule has 1 saturated heterocycles. The molecule has 2 aromatic rings. The number of benzene rings is 1. The molecule has 0 radical (unpaired) electrons. The molecule has 2 fully saturated rings. The average molecular weight is 572 g/mol. The van der Waals surface area contributed by atoms with Crippen LogP contribution < -0.4 is 10.1 Å². The molecule has 1 aromatic heterocycles. The van der Waals surface area contributed by atoms with Gasteiger partial charge in [0.15, 0.2) is 5.13 Å². The fourth-order valence-corrected chi connectivity index (χ4v) is 6.38. The van der Waals surface area contributed by atoms with E-state index in [0.717, 1.165) is 27.5 Å². The fourth-order valence-electron chi connectivity index (χ4n) is 4.44. The molecule has 2 aliphatic rings. The highest BCUT2D eigenvalue weighted by Gasteiger charge is 2.31. The summed E-state index contributed by atoms with van der Waals surface area (Å²) in [6.07, 6.45) is 7.83. The van der Waals surface area contributed by atoms with Crippen molar-refractivity contribution in [3.05, 3.63) is 41.6 Å². The Hall–Kier alpha value is -2.89. The quantitative estimate of drug-likeness (QED) is 0.452. The molecule has 11 heteroatoms. The predicted octanol–water partition coefficient (Wildman–Crippen LogP) is 4.14. The smallest absolute Gasteiger partial charge is 0.257 e. The monoisotopic (exact) mass is 571 g/mol. The minimum atomic E-state index is -0.111. The number of rotatable bonds is 9. The van der Waals surface area contributed by atoms with E-state index in [1.54, 1.807) is 19.4 Å². The van der Waals surface area contributed by atoms with E-state index in [2.05, 4.69) is 10.3 Å². The fraction of sp³-hybridized carbons (Fsp3) is 0.500. The summed E-state index contributed by atoms with van der Waals surface area (Å²) in [5, 5.41) is 3.48. The Bertz CT molecular complexity index is 1240. The van der Waals surface area contributed by atoms with Crippen LogP contribution in [0, 0.1) is 12.8 Å². The van der Waals surface area contributed by atoms with E-state index in [1.807, 2.05) is 60.9 Å². The number of hydrogen-bond donors (Lipinski definition) is 1. The number of hydrogen-bond acceptors (Lipinski definition) is 8. The second kappa shape index (κ2) is 13.0. The maximum Gasteiger partial charge on any atom is 0.257 e. The van der Waals surface area contributed by atoms with Gasteiger partial charge in [-0.05, 0) is 64.9 Å². The summed E-state index contributed by atoms with van der Waals surface area (Å²) in [5.74, 6) is 0.543. The van der Waals surface area contributed by atoms with E-state index in [0.29, 0.717) is 49.0 Å². The largest absolute Gasteiger partial charge is 0.496 e. The van der Waals surface area contributed by atoms with E-state index >= 15 is 0 Å². The van der Waals surface area contributed by atoms with Gasteiger partial charge in [-0.1, -0.05) is 29.2 Å². The maximum absolute atomic E-state index is 13.8. The number of nitrogens with zero attached hydrogens (tertiary/aromatic N) is 4. The van der Waals surface area contributed by atoms with Crippen molar-refractivity contribution in [3.8, 4) is 5.75 Å². The van der Waals surface area contributed by atoms with Crippen molar-refractivity contribution < 1.29 is 19.1 Å². The van der Waals surface area contributed by atoms with Gasteiger partial charge in [-0.2, -0.15) is 0 Å². The zero-order valence-corrected chi connectivity index (χ0v) is 24.9. The molecule has 1 saturated carbocycles. The molecule has 1 aromatic carbocycles. The molecule has 1 atom stereocenters. The molecule has 1 aliphatic carbocycles. The molecular weight excluding hydrogens is 534 g/mol. The Balaban J connectivity index is 1.47. The minimum absolute atomic E-state index is 0.0255. The lowest BCUT2D eigenvalue weighted by Gasteiger charge is -2.28. The zero-order chi connectivity index (χ0) is 28.1. The van der Waals surface area contributed by atoms with Crippen LogP contribution in [0.15, 0.2) is 39.6 Å². The van der Waals surface area contributed by atoms with Gasteiger partial charge in [0, 0.05) is 49.1 Å². The van der Waals surface area contributed by atoms with Crippen LogP contribution in [0.3, 0.4) is 0 Å². The summed E-state index contributed by atoms with van der Waals surface area (Å²) in [5.41, 5.74) is 1.48. The number of methoxy groups -OCH3 is 1. The first-order chi connectivity index (χ1) is 18.7. The lowest BCUT2D eigenvalue weighted by atomic mass is 10.1.